The zero-order valence-electron chi connectivity index (χ0n) is 8.30. The molecule has 12 nitrogen and oxygen atoms in total. The molecule has 0 fully saturated rings. The van der Waals surface area contributed by atoms with Gasteiger partial charge in [0.2, 0.25) is 0 Å². The van der Waals surface area contributed by atoms with Crippen LogP contribution >= 0.6 is 7.82 Å². The average molecular weight is 322 g/mol. The number of carboxylic acid groups (broad SMARTS) is 2. The van der Waals surface area contributed by atoms with E-state index in [1.807, 2.05) is 0 Å². The van der Waals surface area contributed by atoms with Crippen LogP contribution in [0, 0.1) is 0 Å². The van der Waals surface area contributed by atoms with E-state index in [1.165, 1.54) is 0 Å². The summed E-state index contributed by atoms with van der Waals surface area (Å²) in [5.74, 6) is -7.69. The summed E-state index contributed by atoms with van der Waals surface area (Å²) in [4.78, 5) is 63.1. The van der Waals surface area contributed by atoms with Crippen molar-refractivity contribution in [1.82, 2.24) is 0 Å². The molecule has 0 aliphatic heterocycles. The fourth-order valence-corrected chi connectivity index (χ4v) is 0.0630. The first-order valence-electron chi connectivity index (χ1n) is 3.26. The Labute approximate surface area is 119 Å². The average Bonchev–Trinajstić information content (AvgIpc) is 2.25. The van der Waals surface area contributed by atoms with Crippen LogP contribution in [0.5, 0.6) is 0 Å². The Bertz CT molecular complexity index is 343. The van der Waals surface area contributed by atoms with Crippen LogP contribution in [0.25, 0.3) is 0 Å². The summed E-state index contributed by atoms with van der Waals surface area (Å²) < 4.78 is 29.9. The van der Waals surface area contributed by atoms with Crippen LogP contribution in [0.3, 0.4) is 0 Å². The first-order chi connectivity index (χ1) is 8.36. The normalized spacial score (nSPS) is 8.25. The standard InChI is InChI=1S/C2F2O4.C2H2O4.Li.H3O4P.H/c3-7-1(5)2(6)8-4;3-1(4)2(5)6;;1-5(2,3)4;/h;(H,3,4)(H,5,6);;(H3,1,2,3,4);. The van der Waals surface area contributed by atoms with Crippen molar-refractivity contribution >= 4 is 50.6 Å². The molecule has 5 N–H and O–H groups in total. The first-order valence-corrected chi connectivity index (χ1v) is 4.83. The van der Waals surface area contributed by atoms with Crippen LogP contribution in [-0.4, -0.2) is 67.6 Å². The molecule has 0 aromatic rings. The number of rotatable bonds is 0. The third kappa shape index (κ3) is 36.0. The quantitative estimate of drug-likeness (QED) is 0.177. The predicted molar refractivity (Wildman–Crippen MR) is 51.1 cm³/mol. The molecule has 0 amide bonds. The molecule has 0 aromatic carbocycles. The summed E-state index contributed by atoms with van der Waals surface area (Å²) in [7, 11) is -4.64. The Morgan fingerprint density at radius 1 is 0.800 bits per heavy atom. The number of hydrogen-bond donors (Lipinski definition) is 5. The summed E-state index contributed by atoms with van der Waals surface area (Å²) in [5.41, 5.74) is 0. The molecule has 0 aromatic heterocycles. The second kappa shape index (κ2) is 13.9. The van der Waals surface area contributed by atoms with Crippen molar-refractivity contribution in [2.24, 2.45) is 0 Å². The fraction of sp³-hybridized carbons (Fsp3) is 0. The van der Waals surface area contributed by atoms with E-state index in [1.54, 1.807) is 0 Å². The van der Waals surface area contributed by atoms with Crippen molar-refractivity contribution in [3.63, 3.8) is 0 Å². The van der Waals surface area contributed by atoms with Gasteiger partial charge in [-0.3, -0.25) is 0 Å². The van der Waals surface area contributed by atoms with Gasteiger partial charge >= 0.3 is 50.6 Å². The minimum absolute atomic E-state index is 0. The first kappa shape index (κ1) is 26.9. The molecular formula is C4H6F2LiO12P. The van der Waals surface area contributed by atoms with Gasteiger partial charge in [0.1, 0.15) is 0 Å². The summed E-state index contributed by atoms with van der Waals surface area (Å²) in [6.45, 7) is 0. The number of phosphoric acid groups is 1. The zero-order valence-corrected chi connectivity index (χ0v) is 9.19. The van der Waals surface area contributed by atoms with Crippen molar-refractivity contribution in [2.75, 3.05) is 0 Å². The minimum atomic E-state index is -4.64. The molecule has 20 heavy (non-hydrogen) atoms. The van der Waals surface area contributed by atoms with Gasteiger partial charge in [0.05, 0.1) is 0 Å². The molecule has 114 valence electrons. The molecule has 0 saturated heterocycles. The Hall–Kier alpha value is -1.55. The zero-order chi connectivity index (χ0) is 16.2. The number of carboxylic acids is 2. The van der Waals surface area contributed by atoms with Crippen LogP contribution in [0.15, 0.2) is 0 Å². The van der Waals surface area contributed by atoms with E-state index in [0.29, 0.717) is 0 Å². The molecule has 0 rings (SSSR count). The SMILES string of the molecule is O=C(O)C(=O)O.O=C(OF)C(=O)OF.O=P(O)(O)O.[LiH]. The van der Waals surface area contributed by atoms with Gasteiger partial charge in [0.15, 0.2) is 0 Å². The molecule has 16 heteroatoms. The molecule has 0 spiro atoms. The van der Waals surface area contributed by atoms with Gasteiger partial charge in [-0.1, -0.05) is 0 Å². The van der Waals surface area contributed by atoms with E-state index in [2.05, 4.69) is 9.88 Å². The third-order valence-electron chi connectivity index (χ3n) is 0.490. The Kier molecular flexibility index (Phi) is 18.7. The van der Waals surface area contributed by atoms with Crippen LogP contribution in [0.1, 0.15) is 0 Å². The predicted octanol–water partition coefficient (Wildman–Crippen LogP) is -2.58. The number of aliphatic carboxylic acids is 2. The van der Waals surface area contributed by atoms with Gasteiger partial charge in [-0.05, 0) is 0 Å². The molecule has 0 saturated carbocycles. The van der Waals surface area contributed by atoms with Crippen molar-refractivity contribution in [3.8, 4) is 0 Å². The van der Waals surface area contributed by atoms with Gasteiger partial charge < -0.3 is 24.9 Å². The Morgan fingerprint density at radius 2 is 0.950 bits per heavy atom. The maximum atomic E-state index is 10.5. The molecule has 0 atom stereocenters. The van der Waals surface area contributed by atoms with Gasteiger partial charge in [-0.25, -0.2) is 33.6 Å². The van der Waals surface area contributed by atoms with Gasteiger partial charge in [0, 0.05) is 9.05 Å². The van der Waals surface area contributed by atoms with E-state index in [-0.39, 0.29) is 18.9 Å². The molecule has 0 heterocycles. The monoisotopic (exact) mass is 322 g/mol. The Morgan fingerprint density at radius 3 is 1.00 bits per heavy atom. The van der Waals surface area contributed by atoms with E-state index in [9.17, 15) is 18.6 Å². The van der Waals surface area contributed by atoms with E-state index in [0.717, 1.165) is 0 Å². The third-order valence-corrected chi connectivity index (χ3v) is 0.490. The van der Waals surface area contributed by atoms with Crippen LogP contribution in [0.2, 0.25) is 0 Å². The van der Waals surface area contributed by atoms with Gasteiger partial charge in [0.25, 0.3) is 0 Å². The second-order valence-corrected chi connectivity index (χ2v) is 2.88. The molecule has 0 unspecified atom stereocenters. The molecular weight excluding hydrogens is 316 g/mol. The van der Waals surface area contributed by atoms with Gasteiger partial charge in [-0.2, -0.15) is 0 Å². The molecule has 0 radical (unpaired) electrons. The fourth-order valence-electron chi connectivity index (χ4n) is 0.0630. The summed E-state index contributed by atoms with van der Waals surface area (Å²) in [5, 5.41) is 14.8. The van der Waals surface area contributed by atoms with Crippen molar-refractivity contribution < 1.29 is 67.6 Å². The van der Waals surface area contributed by atoms with E-state index in [4.69, 9.17) is 39.0 Å². The maximum absolute atomic E-state index is 10.5. The number of carbonyl (C=O) groups is 4. The number of halogens is 2. The van der Waals surface area contributed by atoms with E-state index < -0.39 is 31.7 Å². The van der Waals surface area contributed by atoms with Crippen molar-refractivity contribution in [3.05, 3.63) is 0 Å². The molecule has 0 bridgehead atoms. The molecule has 0 aliphatic rings. The van der Waals surface area contributed by atoms with E-state index >= 15 is 0 Å². The molecule has 0 aliphatic carbocycles. The van der Waals surface area contributed by atoms with Crippen LogP contribution in [0.4, 0.5) is 9.05 Å². The summed E-state index contributed by atoms with van der Waals surface area (Å²) in [6.07, 6.45) is 0. The van der Waals surface area contributed by atoms with Crippen molar-refractivity contribution in [1.29, 1.82) is 0 Å². The summed E-state index contributed by atoms with van der Waals surface area (Å²) >= 11 is 0. The van der Waals surface area contributed by atoms with Gasteiger partial charge in [-0.15, -0.1) is 0 Å². The van der Waals surface area contributed by atoms with Crippen LogP contribution < -0.4 is 0 Å². The Balaban J connectivity index is -0.0000000966. The van der Waals surface area contributed by atoms with Crippen molar-refractivity contribution in [2.45, 2.75) is 0 Å². The number of carbonyl (C=O) groups excluding carboxylic acids is 2. The van der Waals surface area contributed by atoms with Crippen LogP contribution in [-0.2, 0) is 33.6 Å². The topological polar surface area (TPSA) is 205 Å². The second-order valence-electron chi connectivity index (χ2n) is 1.85. The number of hydrogen-bond acceptors (Lipinski definition) is 7. The summed E-state index contributed by atoms with van der Waals surface area (Å²) in [6, 6.07) is 0.